The van der Waals surface area contributed by atoms with Crippen LogP contribution in [0.2, 0.25) is 10.0 Å². The van der Waals surface area contributed by atoms with Crippen LogP contribution >= 0.6 is 23.2 Å². The number of aromatic nitrogens is 1. The van der Waals surface area contributed by atoms with E-state index in [1.807, 2.05) is 19.1 Å². The highest BCUT2D eigenvalue weighted by molar-refractivity contribution is 6.37. The molecule has 0 atom stereocenters. The van der Waals surface area contributed by atoms with E-state index in [1.54, 1.807) is 6.07 Å². The number of aryl methyl sites for hydroxylation is 1. The molecule has 0 bridgehead atoms. The summed E-state index contributed by atoms with van der Waals surface area (Å²) < 4.78 is 0. The topological polar surface area (TPSA) is 24.9 Å². The van der Waals surface area contributed by atoms with Gasteiger partial charge in [0.2, 0.25) is 0 Å². The molecule has 0 fully saturated rings. The van der Waals surface area contributed by atoms with Gasteiger partial charge < -0.3 is 5.32 Å². The summed E-state index contributed by atoms with van der Waals surface area (Å²) in [5, 5.41) is 4.27. The molecule has 20 heavy (non-hydrogen) atoms. The molecule has 0 saturated carbocycles. The van der Waals surface area contributed by atoms with Crippen LogP contribution in [0.5, 0.6) is 0 Å². The van der Waals surface area contributed by atoms with Gasteiger partial charge in [0.05, 0.1) is 15.7 Å². The Morgan fingerprint density at radius 1 is 1.10 bits per heavy atom. The van der Waals surface area contributed by atoms with Gasteiger partial charge in [0.25, 0.3) is 0 Å². The molecule has 0 amide bonds. The molecule has 0 radical (unpaired) electrons. The molecule has 4 heteroatoms. The molecule has 1 heterocycles. The summed E-state index contributed by atoms with van der Waals surface area (Å²) in [5.41, 5.74) is 3.09. The summed E-state index contributed by atoms with van der Waals surface area (Å²) in [5.74, 6) is 0.675. The molecule has 2 nitrogen and oxygen atoms in total. The van der Waals surface area contributed by atoms with Crippen LogP contribution in [0.3, 0.4) is 0 Å². The van der Waals surface area contributed by atoms with Gasteiger partial charge in [-0.05, 0) is 31.0 Å². The van der Waals surface area contributed by atoms with Crippen LogP contribution in [-0.4, -0.2) is 11.5 Å². The zero-order valence-corrected chi connectivity index (χ0v) is 13.2. The van der Waals surface area contributed by atoms with Crippen LogP contribution in [0.15, 0.2) is 30.3 Å². The highest BCUT2D eigenvalue weighted by atomic mass is 35.5. The molecular formula is C16H18Cl2N2. The van der Waals surface area contributed by atoms with Crippen molar-refractivity contribution < 1.29 is 0 Å². The van der Waals surface area contributed by atoms with Gasteiger partial charge in [0.15, 0.2) is 0 Å². The molecule has 0 saturated heterocycles. The normalized spacial score (nSPS) is 10.6. The summed E-state index contributed by atoms with van der Waals surface area (Å²) in [7, 11) is 0. The summed E-state index contributed by atoms with van der Waals surface area (Å²) in [6.07, 6.45) is 2.17. The fraction of sp³-hybridized carbons (Fsp3) is 0.312. The lowest BCUT2D eigenvalue weighted by atomic mass is 10.0. The van der Waals surface area contributed by atoms with Gasteiger partial charge in [-0.1, -0.05) is 54.7 Å². The zero-order valence-electron chi connectivity index (χ0n) is 11.7. The van der Waals surface area contributed by atoms with Gasteiger partial charge in [0.1, 0.15) is 5.82 Å². The summed E-state index contributed by atoms with van der Waals surface area (Å²) in [4.78, 5) is 4.56. The number of nitrogens with one attached hydrogen (secondary N) is 1. The minimum absolute atomic E-state index is 0.547. The van der Waals surface area contributed by atoms with E-state index in [2.05, 4.69) is 29.4 Å². The van der Waals surface area contributed by atoms with Gasteiger partial charge in [-0.25, -0.2) is 4.98 Å². The third-order valence-electron chi connectivity index (χ3n) is 3.01. The fourth-order valence-corrected chi connectivity index (χ4v) is 2.66. The standard InChI is InChI=1S/C16H18Cl2N2/c1-3-6-11-7-5-8-12(9-11)15-13(17)10-14(18)16(20-15)19-4-2/h5,7-10H,3-4,6H2,1-2H3,(H,19,20). The van der Waals surface area contributed by atoms with Crippen LogP contribution in [-0.2, 0) is 6.42 Å². The average molecular weight is 309 g/mol. The Morgan fingerprint density at radius 3 is 2.60 bits per heavy atom. The second kappa shape index (κ2) is 6.96. The smallest absolute Gasteiger partial charge is 0.145 e. The Kier molecular flexibility index (Phi) is 5.27. The van der Waals surface area contributed by atoms with Gasteiger partial charge >= 0.3 is 0 Å². The highest BCUT2D eigenvalue weighted by Crippen LogP contribution is 2.32. The van der Waals surface area contributed by atoms with Crippen molar-refractivity contribution >= 4 is 29.0 Å². The van der Waals surface area contributed by atoms with E-state index in [1.165, 1.54) is 5.56 Å². The second-order valence-corrected chi connectivity index (χ2v) is 5.44. The molecule has 1 N–H and O–H groups in total. The summed E-state index contributed by atoms with van der Waals surface area (Å²) in [6.45, 7) is 4.95. The number of anilines is 1. The van der Waals surface area contributed by atoms with Crippen molar-refractivity contribution in [2.24, 2.45) is 0 Å². The molecule has 1 aromatic carbocycles. The Bertz CT molecular complexity index is 597. The molecule has 1 aromatic heterocycles. The van der Waals surface area contributed by atoms with Crippen molar-refractivity contribution in [3.63, 3.8) is 0 Å². The quantitative estimate of drug-likeness (QED) is 0.795. The number of pyridine rings is 1. The van der Waals surface area contributed by atoms with E-state index < -0.39 is 0 Å². The zero-order chi connectivity index (χ0) is 14.5. The molecule has 0 aliphatic heterocycles. The van der Waals surface area contributed by atoms with Crippen LogP contribution in [0, 0.1) is 0 Å². The fourth-order valence-electron chi connectivity index (χ4n) is 2.12. The first-order valence-electron chi connectivity index (χ1n) is 6.85. The molecule has 0 aliphatic carbocycles. The Balaban J connectivity index is 2.45. The van der Waals surface area contributed by atoms with E-state index in [0.29, 0.717) is 15.9 Å². The first-order chi connectivity index (χ1) is 9.65. The molecule has 0 aliphatic rings. The first-order valence-corrected chi connectivity index (χ1v) is 7.60. The lowest BCUT2D eigenvalue weighted by molar-refractivity contribution is 0.922. The predicted octanol–water partition coefficient (Wildman–Crippen LogP) is 5.44. The maximum atomic E-state index is 6.29. The number of hydrogen-bond donors (Lipinski definition) is 1. The average Bonchev–Trinajstić information content (AvgIpc) is 2.43. The number of benzene rings is 1. The molecule has 2 aromatic rings. The van der Waals surface area contributed by atoms with Gasteiger partial charge in [-0.3, -0.25) is 0 Å². The van der Waals surface area contributed by atoms with E-state index in [0.717, 1.165) is 30.6 Å². The molecular weight excluding hydrogens is 291 g/mol. The van der Waals surface area contributed by atoms with Crippen molar-refractivity contribution in [3.8, 4) is 11.3 Å². The largest absolute Gasteiger partial charge is 0.369 e. The van der Waals surface area contributed by atoms with Crippen molar-refractivity contribution in [3.05, 3.63) is 45.9 Å². The second-order valence-electron chi connectivity index (χ2n) is 4.63. The van der Waals surface area contributed by atoms with Crippen LogP contribution in [0.25, 0.3) is 11.3 Å². The van der Waals surface area contributed by atoms with Crippen molar-refractivity contribution in [2.75, 3.05) is 11.9 Å². The van der Waals surface area contributed by atoms with Gasteiger partial charge in [0, 0.05) is 12.1 Å². The predicted molar refractivity (Wildman–Crippen MR) is 87.9 cm³/mol. The number of nitrogens with zero attached hydrogens (tertiary/aromatic N) is 1. The SMILES string of the molecule is CCCc1cccc(-c2nc(NCC)c(Cl)cc2Cl)c1. The third kappa shape index (κ3) is 3.44. The van der Waals surface area contributed by atoms with Crippen molar-refractivity contribution in [1.29, 1.82) is 0 Å². The molecule has 0 spiro atoms. The van der Waals surface area contributed by atoms with E-state index >= 15 is 0 Å². The van der Waals surface area contributed by atoms with Crippen LogP contribution in [0.1, 0.15) is 25.8 Å². The maximum Gasteiger partial charge on any atom is 0.145 e. The lowest BCUT2D eigenvalue weighted by Crippen LogP contribution is -2.01. The van der Waals surface area contributed by atoms with Gasteiger partial charge in [-0.15, -0.1) is 0 Å². The lowest BCUT2D eigenvalue weighted by Gasteiger charge is -2.11. The highest BCUT2D eigenvalue weighted by Gasteiger charge is 2.11. The first kappa shape index (κ1) is 15.1. The van der Waals surface area contributed by atoms with Gasteiger partial charge in [-0.2, -0.15) is 0 Å². The maximum absolute atomic E-state index is 6.29. The van der Waals surface area contributed by atoms with Crippen molar-refractivity contribution in [1.82, 2.24) is 4.98 Å². The number of halogens is 2. The van der Waals surface area contributed by atoms with Crippen molar-refractivity contribution in [2.45, 2.75) is 26.7 Å². The molecule has 0 unspecified atom stereocenters. The summed E-state index contributed by atoms with van der Waals surface area (Å²) in [6, 6.07) is 10.1. The minimum Gasteiger partial charge on any atom is -0.369 e. The Labute approximate surface area is 130 Å². The number of rotatable bonds is 5. The van der Waals surface area contributed by atoms with E-state index in [4.69, 9.17) is 23.2 Å². The molecule has 2 rings (SSSR count). The Hall–Kier alpha value is -1.25. The monoisotopic (exact) mass is 308 g/mol. The number of hydrogen-bond acceptors (Lipinski definition) is 2. The Morgan fingerprint density at radius 2 is 1.90 bits per heavy atom. The van der Waals surface area contributed by atoms with Crippen LogP contribution in [0.4, 0.5) is 5.82 Å². The molecule has 106 valence electrons. The summed E-state index contributed by atoms with van der Waals surface area (Å²) >= 11 is 12.4. The minimum atomic E-state index is 0.547. The van der Waals surface area contributed by atoms with E-state index in [9.17, 15) is 0 Å². The van der Waals surface area contributed by atoms with E-state index in [-0.39, 0.29) is 0 Å². The van der Waals surface area contributed by atoms with Crippen LogP contribution < -0.4 is 5.32 Å². The third-order valence-corrected chi connectivity index (χ3v) is 3.59.